The van der Waals surface area contributed by atoms with Crippen LogP contribution in [0.15, 0.2) is 48.5 Å². The van der Waals surface area contributed by atoms with Gasteiger partial charge in [0.25, 0.3) is 0 Å². The molecule has 1 aliphatic carbocycles. The first-order valence-electron chi connectivity index (χ1n) is 16.9. The number of piperidine rings is 1. The van der Waals surface area contributed by atoms with Gasteiger partial charge in [-0.25, -0.2) is 4.79 Å². The second kappa shape index (κ2) is 15.1. The number of benzene rings is 2. The summed E-state index contributed by atoms with van der Waals surface area (Å²) in [5, 5.41) is 37.0. The fraction of sp³-hybridized carbons (Fsp3) is 0.528. The third-order valence-corrected chi connectivity index (χ3v) is 10.5. The molecule has 0 bridgehead atoms. The number of nitrogens with one attached hydrogen (secondary N) is 1. The van der Waals surface area contributed by atoms with Crippen LogP contribution in [0.2, 0.25) is 0 Å². The lowest BCUT2D eigenvalue weighted by atomic mass is 9.74. The minimum Gasteiger partial charge on any atom is -0.481 e. The Bertz CT molecular complexity index is 1550. The Morgan fingerprint density at radius 3 is 2.12 bits per heavy atom. The average molecular weight is 679 g/mol. The molecule has 13 heteroatoms. The predicted octanol–water partition coefficient (Wildman–Crippen LogP) is 1.89. The number of para-hydroxylation sites is 1. The fourth-order valence-corrected chi connectivity index (χ4v) is 7.83. The molecule has 2 saturated heterocycles. The van der Waals surface area contributed by atoms with E-state index in [9.17, 15) is 24.0 Å². The summed E-state index contributed by atoms with van der Waals surface area (Å²) in [5.41, 5.74) is 2.69. The monoisotopic (exact) mass is 678 g/mol. The van der Waals surface area contributed by atoms with Crippen molar-refractivity contribution in [3.8, 4) is 0 Å². The molecule has 5 N–H and O–H groups in total. The first-order valence-corrected chi connectivity index (χ1v) is 16.9. The number of rotatable bonds is 10. The molecule has 13 nitrogen and oxygen atoms in total. The van der Waals surface area contributed by atoms with E-state index in [0.29, 0.717) is 18.3 Å². The van der Waals surface area contributed by atoms with Gasteiger partial charge < -0.3 is 35.5 Å². The highest BCUT2D eigenvalue weighted by molar-refractivity contribution is 6.03. The summed E-state index contributed by atoms with van der Waals surface area (Å²) < 4.78 is 0. The van der Waals surface area contributed by atoms with Gasteiger partial charge in [0.1, 0.15) is 6.04 Å². The first kappa shape index (κ1) is 36.0. The number of carboxylic acid groups (broad SMARTS) is 3. The Labute approximate surface area is 285 Å². The quantitative estimate of drug-likeness (QED) is 0.247. The molecule has 264 valence electrons. The molecule has 0 aromatic heterocycles. The summed E-state index contributed by atoms with van der Waals surface area (Å²) in [6.45, 7) is 4.72. The zero-order valence-electron chi connectivity index (χ0n) is 27.8. The van der Waals surface area contributed by atoms with Gasteiger partial charge in [-0.15, -0.1) is 0 Å². The average Bonchev–Trinajstić information content (AvgIpc) is 3.75. The van der Waals surface area contributed by atoms with Crippen LogP contribution in [0.3, 0.4) is 0 Å². The lowest BCUT2D eigenvalue weighted by Crippen LogP contribution is -2.51. The maximum Gasteiger partial charge on any atom is 0.336 e. The summed E-state index contributed by atoms with van der Waals surface area (Å²) in [4.78, 5) is 63.9. The van der Waals surface area contributed by atoms with Crippen LogP contribution < -0.4 is 10.2 Å². The van der Waals surface area contributed by atoms with Crippen LogP contribution in [0.5, 0.6) is 0 Å². The summed E-state index contributed by atoms with van der Waals surface area (Å²) >= 11 is 0. The molecule has 49 heavy (non-hydrogen) atoms. The highest BCUT2D eigenvalue weighted by Crippen LogP contribution is 2.46. The first-order chi connectivity index (χ1) is 23.3. The topological polar surface area (TPSA) is 188 Å². The van der Waals surface area contributed by atoms with E-state index in [2.05, 4.69) is 52.5 Å². The van der Waals surface area contributed by atoms with Gasteiger partial charge in [0.2, 0.25) is 11.8 Å². The smallest absolute Gasteiger partial charge is 0.336 e. The van der Waals surface area contributed by atoms with E-state index in [0.717, 1.165) is 50.4 Å². The van der Waals surface area contributed by atoms with Gasteiger partial charge in [0.15, 0.2) is 5.60 Å². The van der Waals surface area contributed by atoms with Crippen molar-refractivity contribution in [3.05, 3.63) is 65.2 Å². The van der Waals surface area contributed by atoms with Crippen LogP contribution in [0.1, 0.15) is 61.6 Å². The van der Waals surface area contributed by atoms with Crippen molar-refractivity contribution in [2.75, 3.05) is 44.7 Å². The summed E-state index contributed by atoms with van der Waals surface area (Å²) in [6, 6.07) is 16.7. The van der Waals surface area contributed by atoms with Crippen LogP contribution in [0.4, 0.5) is 5.69 Å². The molecular weight excluding hydrogens is 632 g/mol. The van der Waals surface area contributed by atoms with E-state index in [-0.39, 0.29) is 17.9 Å². The molecule has 2 amide bonds. The fourth-order valence-electron chi connectivity index (χ4n) is 7.83. The number of hydrogen-bond acceptors (Lipinski definition) is 8. The van der Waals surface area contributed by atoms with E-state index in [1.165, 1.54) is 31.2 Å². The highest BCUT2D eigenvalue weighted by atomic mass is 16.4. The molecular formula is C36H46N4O9. The van der Waals surface area contributed by atoms with E-state index in [1.54, 1.807) is 10.5 Å². The zero-order chi connectivity index (χ0) is 35.3. The Kier molecular flexibility index (Phi) is 11.1. The van der Waals surface area contributed by atoms with Crippen molar-refractivity contribution in [1.82, 2.24) is 15.1 Å². The van der Waals surface area contributed by atoms with Crippen molar-refractivity contribution >= 4 is 35.4 Å². The van der Waals surface area contributed by atoms with E-state index in [4.69, 9.17) is 20.4 Å². The number of amides is 2. The number of anilines is 1. The lowest BCUT2D eigenvalue weighted by molar-refractivity contribution is -0.170. The number of aliphatic carboxylic acids is 3. The Morgan fingerprint density at radius 2 is 1.51 bits per heavy atom. The highest BCUT2D eigenvalue weighted by Gasteiger charge is 2.43. The number of likely N-dealkylation sites (tertiary alicyclic amines) is 2. The standard InChI is InChI=1S/C30H38N4O2.C6H8O7/c1-32-16-11-24(21-32)31-29(36)27-20-23-7-3-5-9-26(23)34(27)28(35)12-17-33-18-14-30(15-19-33)13-10-22-6-2-4-8-25(22)30;7-3(8)1-6(13,5(11)12)2-4(9)10/h2-9,24,27H,10-21H2,1H3,(H,31,36);13H,1-2H2,(H,7,8)(H,9,10)(H,11,12)/t24-,27-;/m0./s1. The van der Waals surface area contributed by atoms with Crippen molar-refractivity contribution in [1.29, 1.82) is 0 Å². The SMILES string of the molecule is CN1CC[C@H](NC(=O)[C@@H]2Cc3ccccc3N2C(=O)CCN2CCC3(CCc4ccccc43)CC2)C1.O=C(O)CC(O)(CC(=O)O)C(=O)O. The third-order valence-electron chi connectivity index (χ3n) is 10.5. The summed E-state index contributed by atoms with van der Waals surface area (Å²) in [6.07, 6.45) is 4.54. The predicted molar refractivity (Wildman–Crippen MR) is 179 cm³/mol. The van der Waals surface area contributed by atoms with Gasteiger partial charge in [-0.3, -0.25) is 24.1 Å². The van der Waals surface area contributed by atoms with Gasteiger partial charge in [-0.2, -0.15) is 0 Å². The summed E-state index contributed by atoms with van der Waals surface area (Å²) in [5.74, 6) is -4.97. The Balaban J connectivity index is 0.000000308. The van der Waals surface area contributed by atoms with Crippen LogP contribution in [-0.4, -0.2) is 117 Å². The summed E-state index contributed by atoms with van der Waals surface area (Å²) in [7, 11) is 2.08. The number of carbonyl (C=O) groups is 5. The molecule has 1 spiro atoms. The van der Waals surface area contributed by atoms with Gasteiger partial charge in [0, 0.05) is 37.7 Å². The van der Waals surface area contributed by atoms with Gasteiger partial charge in [-0.1, -0.05) is 42.5 Å². The maximum absolute atomic E-state index is 13.6. The number of carbonyl (C=O) groups excluding carboxylic acids is 2. The van der Waals surface area contributed by atoms with Crippen molar-refractivity contribution in [2.45, 2.75) is 80.9 Å². The van der Waals surface area contributed by atoms with Crippen LogP contribution >= 0.6 is 0 Å². The molecule has 6 rings (SSSR count). The number of carboxylic acids is 3. The van der Waals surface area contributed by atoms with Crippen LogP contribution in [-0.2, 0) is 42.2 Å². The largest absolute Gasteiger partial charge is 0.481 e. The van der Waals surface area contributed by atoms with Gasteiger partial charge in [0.05, 0.1) is 12.8 Å². The maximum atomic E-state index is 13.6. The zero-order valence-corrected chi connectivity index (χ0v) is 27.8. The molecule has 2 aromatic carbocycles. The molecule has 3 heterocycles. The normalized spacial score (nSPS) is 21.4. The number of fused-ring (bicyclic) bond motifs is 3. The molecule has 4 aliphatic rings. The Hall–Kier alpha value is -4.33. The van der Waals surface area contributed by atoms with E-state index >= 15 is 0 Å². The van der Waals surface area contributed by atoms with Crippen molar-refractivity contribution in [3.63, 3.8) is 0 Å². The second-order valence-electron chi connectivity index (χ2n) is 13.9. The van der Waals surface area contributed by atoms with E-state index < -0.39 is 42.4 Å². The van der Waals surface area contributed by atoms with E-state index in [1.807, 2.05) is 18.2 Å². The minimum atomic E-state index is -2.74. The number of hydrogen-bond donors (Lipinski definition) is 5. The molecule has 2 fully saturated rings. The minimum absolute atomic E-state index is 0.0142. The number of likely N-dealkylation sites (N-methyl/N-ethyl adjacent to an activating group) is 1. The van der Waals surface area contributed by atoms with Crippen LogP contribution in [0, 0.1) is 0 Å². The molecule has 2 atom stereocenters. The van der Waals surface area contributed by atoms with Crippen LogP contribution in [0.25, 0.3) is 0 Å². The van der Waals surface area contributed by atoms with Crippen molar-refractivity contribution < 1.29 is 44.4 Å². The molecule has 0 radical (unpaired) electrons. The molecule has 0 unspecified atom stereocenters. The molecule has 2 aromatic rings. The van der Waals surface area contributed by atoms with Crippen molar-refractivity contribution in [2.24, 2.45) is 0 Å². The molecule has 3 aliphatic heterocycles. The second-order valence-corrected chi connectivity index (χ2v) is 13.9. The van der Waals surface area contributed by atoms with Gasteiger partial charge in [-0.05, 0) is 87.0 Å². The third kappa shape index (κ3) is 8.28. The lowest BCUT2D eigenvalue weighted by Gasteiger charge is -2.40. The van der Waals surface area contributed by atoms with Gasteiger partial charge >= 0.3 is 17.9 Å². The Morgan fingerprint density at radius 1 is 0.878 bits per heavy atom. The molecule has 0 saturated carbocycles. The number of nitrogens with zero attached hydrogens (tertiary/aromatic N) is 3. The number of aliphatic hydroxyl groups is 1. The number of aryl methyl sites for hydroxylation is 1.